The number of halogens is 1. The normalized spacial score (nSPS) is 18.7. The second-order valence-corrected chi connectivity index (χ2v) is 5.16. The van der Waals surface area contributed by atoms with Gasteiger partial charge in [0.05, 0.1) is 4.47 Å². The topological polar surface area (TPSA) is 25.4 Å². The van der Waals surface area contributed by atoms with Crippen molar-refractivity contribution < 1.29 is 4.74 Å². The summed E-state index contributed by atoms with van der Waals surface area (Å²) >= 11 is 3.52. The first-order chi connectivity index (χ1) is 7.66. The number of ether oxygens (including phenoxy) is 1. The Morgan fingerprint density at radius 1 is 1.44 bits per heavy atom. The van der Waals surface area contributed by atoms with E-state index >= 15 is 0 Å². The Morgan fingerprint density at radius 3 is 2.81 bits per heavy atom. The quantitative estimate of drug-likeness (QED) is 0.835. The molecule has 0 aliphatic carbocycles. The van der Waals surface area contributed by atoms with Gasteiger partial charge in [0.25, 0.3) is 0 Å². The fraction of sp³-hybridized carbons (Fsp3) is 0.583. The van der Waals surface area contributed by atoms with Crippen molar-refractivity contribution in [2.24, 2.45) is 0 Å². The highest BCUT2D eigenvalue weighted by Crippen LogP contribution is 2.27. The Bertz CT molecular complexity index is 362. The molecule has 1 aromatic rings. The maximum atomic E-state index is 5.93. The molecule has 1 aliphatic heterocycles. The third kappa shape index (κ3) is 2.74. The van der Waals surface area contributed by atoms with Gasteiger partial charge in [-0.2, -0.15) is 0 Å². The van der Waals surface area contributed by atoms with Gasteiger partial charge in [-0.05, 0) is 54.4 Å². The smallest absolute Gasteiger partial charge is 0.228 e. The van der Waals surface area contributed by atoms with Gasteiger partial charge in [-0.15, -0.1) is 0 Å². The molecular formula is C12H17BrN2O. The molecule has 88 valence electrons. The minimum absolute atomic E-state index is 0.307. The van der Waals surface area contributed by atoms with E-state index in [9.17, 15) is 0 Å². The van der Waals surface area contributed by atoms with Gasteiger partial charge < -0.3 is 9.64 Å². The number of hydrogen-bond acceptors (Lipinski definition) is 3. The first-order valence-electron chi connectivity index (χ1n) is 5.63. The highest BCUT2D eigenvalue weighted by atomic mass is 79.9. The summed E-state index contributed by atoms with van der Waals surface area (Å²) < 4.78 is 6.91. The molecule has 1 aromatic heterocycles. The Balaban J connectivity index is 2.01. The molecule has 0 unspecified atom stereocenters. The van der Waals surface area contributed by atoms with Gasteiger partial charge in [0.15, 0.2) is 0 Å². The van der Waals surface area contributed by atoms with Crippen LogP contribution in [0.1, 0.15) is 18.4 Å². The van der Waals surface area contributed by atoms with Gasteiger partial charge in [-0.1, -0.05) is 0 Å². The van der Waals surface area contributed by atoms with Crippen LogP contribution in [0.25, 0.3) is 0 Å². The number of hydrogen-bond donors (Lipinski definition) is 0. The van der Waals surface area contributed by atoms with Crippen LogP contribution >= 0.6 is 15.9 Å². The predicted octanol–water partition coefficient (Wildman–Crippen LogP) is 2.63. The van der Waals surface area contributed by atoms with E-state index in [2.05, 4.69) is 32.9 Å². The van der Waals surface area contributed by atoms with Crippen molar-refractivity contribution >= 4 is 15.9 Å². The lowest BCUT2D eigenvalue weighted by Gasteiger charge is -2.29. The van der Waals surface area contributed by atoms with Crippen molar-refractivity contribution in [3.05, 3.63) is 22.3 Å². The van der Waals surface area contributed by atoms with Crippen LogP contribution in [0.4, 0.5) is 0 Å². The van der Waals surface area contributed by atoms with Crippen LogP contribution in [0, 0.1) is 6.92 Å². The Kier molecular flexibility index (Phi) is 3.82. The Morgan fingerprint density at radius 2 is 2.12 bits per heavy atom. The van der Waals surface area contributed by atoms with Gasteiger partial charge in [0, 0.05) is 19.3 Å². The third-order valence-corrected chi connectivity index (χ3v) is 3.96. The van der Waals surface area contributed by atoms with E-state index in [0.29, 0.717) is 6.10 Å². The second-order valence-electron chi connectivity index (χ2n) is 4.37. The standard InChI is InChI=1S/C12H17BrN2O/c1-9-3-6-14-12(11(9)13)16-10-4-7-15(2)8-5-10/h3,6,10H,4-5,7-8H2,1-2H3. The van der Waals surface area contributed by atoms with Gasteiger partial charge in [-0.3, -0.25) is 0 Å². The molecule has 0 radical (unpaired) electrons. The predicted molar refractivity (Wildman–Crippen MR) is 67.8 cm³/mol. The zero-order valence-electron chi connectivity index (χ0n) is 9.74. The first-order valence-corrected chi connectivity index (χ1v) is 6.42. The number of aryl methyl sites for hydroxylation is 1. The van der Waals surface area contributed by atoms with E-state index in [0.717, 1.165) is 41.8 Å². The lowest BCUT2D eigenvalue weighted by Crippen LogP contribution is -2.35. The zero-order chi connectivity index (χ0) is 11.5. The Labute approximate surface area is 105 Å². The minimum atomic E-state index is 0.307. The number of aromatic nitrogens is 1. The number of nitrogens with zero attached hydrogens (tertiary/aromatic N) is 2. The summed E-state index contributed by atoms with van der Waals surface area (Å²) in [7, 11) is 2.15. The highest BCUT2D eigenvalue weighted by molar-refractivity contribution is 9.10. The summed E-state index contributed by atoms with van der Waals surface area (Å²) in [5.74, 6) is 0.731. The van der Waals surface area contributed by atoms with Crippen LogP contribution in [-0.2, 0) is 0 Å². The van der Waals surface area contributed by atoms with Crippen molar-refractivity contribution in [2.45, 2.75) is 25.9 Å². The number of likely N-dealkylation sites (tertiary alicyclic amines) is 1. The third-order valence-electron chi connectivity index (χ3n) is 2.99. The molecule has 1 saturated heterocycles. The summed E-state index contributed by atoms with van der Waals surface area (Å²) in [5, 5.41) is 0. The lowest BCUT2D eigenvalue weighted by molar-refractivity contribution is 0.109. The van der Waals surface area contributed by atoms with Crippen molar-refractivity contribution in [3.63, 3.8) is 0 Å². The van der Waals surface area contributed by atoms with E-state index < -0.39 is 0 Å². The monoisotopic (exact) mass is 284 g/mol. The maximum absolute atomic E-state index is 5.93. The summed E-state index contributed by atoms with van der Waals surface area (Å²) in [6.45, 7) is 4.26. The molecule has 0 saturated carbocycles. The summed E-state index contributed by atoms with van der Waals surface area (Å²) in [6.07, 6.45) is 4.27. The van der Waals surface area contributed by atoms with Crippen LogP contribution in [0.2, 0.25) is 0 Å². The van der Waals surface area contributed by atoms with Crippen molar-refractivity contribution in [1.82, 2.24) is 9.88 Å². The van der Waals surface area contributed by atoms with Gasteiger partial charge >= 0.3 is 0 Å². The van der Waals surface area contributed by atoms with Crippen molar-refractivity contribution in [1.29, 1.82) is 0 Å². The SMILES string of the molecule is Cc1ccnc(OC2CCN(C)CC2)c1Br. The largest absolute Gasteiger partial charge is 0.473 e. The molecule has 0 bridgehead atoms. The molecule has 4 heteroatoms. The zero-order valence-corrected chi connectivity index (χ0v) is 11.3. The van der Waals surface area contributed by atoms with E-state index in [1.54, 1.807) is 6.20 Å². The van der Waals surface area contributed by atoms with Crippen molar-refractivity contribution in [2.75, 3.05) is 20.1 Å². The fourth-order valence-electron chi connectivity index (χ4n) is 1.86. The van der Waals surface area contributed by atoms with E-state index in [-0.39, 0.29) is 0 Å². The van der Waals surface area contributed by atoms with Crippen LogP contribution in [0.15, 0.2) is 16.7 Å². The first kappa shape index (κ1) is 11.9. The molecule has 0 N–H and O–H groups in total. The molecule has 16 heavy (non-hydrogen) atoms. The molecule has 0 aromatic carbocycles. The molecule has 3 nitrogen and oxygen atoms in total. The average molecular weight is 285 g/mol. The van der Waals surface area contributed by atoms with Crippen LogP contribution < -0.4 is 4.74 Å². The van der Waals surface area contributed by atoms with Crippen LogP contribution in [-0.4, -0.2) is 36.1 Å². The molecule has 0 amide bonds. The van der Waals surface area contributed by atoms with Crippen LogP contribution in [0.3, 0.4) is 0 Å². The van der Waals surface area contributed by atoms with E-state index in [4.69, 9.17) is 4.74 Å². The molecule has 1 aliphatic rings. The molecule has 2 heterocycles. The van der Waals surface area contributed by atoms with Crippen LogP contribution in [0.5, 0.6) is 5.88 Å². The molecule has 1 fully saturated rings. The summed E-state index contributed by atoms with van der Waals surface area (Å²) in [6, 6.07) is 1.98. The molecule has 0 atom stereocenters. The minimum Gasteiger partial charge on any atom is -0.473 e. The fourth-order valence-corrected chi connectivity index (χ4v) is 2.19. The molecule has 2 rings (SSSR count). The number of piperidine rings is 1. The summed E-state index contributed by atoms with van der Waals surface area (Å²) in [4.78, 5) is 6.60. The average Bonchev–Trinajstić information content (AvgIpc) is 2.28. The van der Waals surface area contributed by atoms with Gasteiger partial charge in [-0.25, -0.2) is 4.98 Å². The lowest BCUT2D eigenvalue weighted by atomic mass is 10.1. The van der Waals surface area contributed by atoms with Crippen molar-refractivity contribution in [3.8, 4) is 5.88 Å². The highest BCUT2D eigenvalue weighted by Gasteiger charge is 2.19. The number of pyridine rings is 1. The molecule has 0 spiro atoms. The maximum Gasteiger partial charge on any atom is 0.228 e. The van der Waals surface area contributed by atoms with Gasteiger partial charge in [0.2, 0.25) is 5.88 Å². The summed E-state index contributed by atoms with van der Waals surface area (Å²) in [5.41, 5.74) is 1.16. The van der Waals surface area contributed by atoms with E-state index in [1.165, 1.54) is 0 Å². The number of rotatable bonds is 2. The second kappa shape index (κ2) is 5.15. The van der Waals surface area contributed by atoms with Gasteiger partial charge in [0.1, 0.15) is 6.10 Å². The van der Waals surface area contributed by atoms with E-state index in [1.807, 2.05) is 13.0 Å². The Hall–Kier alpha value is -0.610. The molecular weight excluding hydrogens is 268 g/mol.